The zero-order chi connectivity index (χ0) is 15.0. The number of nitrogens with one attached hydrogen (secondary N) is 1. The molecule has 0 saturated heterocycles. The van der Waals surface area contributed by atoms with Crippen LogP contribution in [0.5, 0.6) is 0 Å². The molecule has 0 radical (unpaired) electrons. The molecule has 0 aromatic rings. The highest BCUT2D eigenvalue weighted by molar-refractivity contribution is 5.72. The van der Waals surface area contributed by atoms with E-state index in [0.717, 1.165) is 32.1 Å². The van der Waals surface area contributed by atoms with Gasteiger partial charge < -0.3 is 15.2 Å². The second-order valence-corrected chi connectivity index (χ2v) is 6.03. The molecule has 1 rings (SSSR count). The number of rotatable bonds is 8. The molecule has 1 aliphatic rings. The maximum Gasteiger partial charge on any atom is 0.308 e. The zero-order valence-electron chi connectivity index (χ0n) is 13.3. The van der Waals surface area contributed by atoms with E-state index in [2.05, 4.69) is 19.2 Å². The molecular weight excluding hydrogens is 254 g/mol. The van der Waals surface area contributed by atoms with Crippen LogP contribution in [0.15, 0.2) is 0 Å². The van der Waals surface area contributed by atoms with Crippen molar-refractivity contribution < 1.29 is 14.6 Å². The Bertz CT molecular complexity index is 285. The van der Waals surface area contributed by atoms with Crippen LogP contribution in [0.3, 0.4) is 0 Å². The molecule has 118 valence electrons. The fraction of sp³-hybridized carbons (Fsp3) is 0.938. The highest BCUT2D eigenvalue weighted by atomic mass is 16.5. The van der Waals surface area contributed by atoms with Crippen molar-refractivity contribution in [2.45, 2.75) is 77.4 Å². The summed E-state index contributed by atoms with van der Waals surface area (Å²) in [6.07, 6.45) is 6.25. The SMILES string of the molecule is CCCC(CC)NCC1(O)CCC(C(=O)OCC)CC1. The smallest absolute Gasteiger partial charge is 0.308 e. The summed E-state index contributed by atoms with van der Waals surface area (Å²) in [4.78, 5) is 11.7. The minimum absolute atomic E-state index is 0.0205. The summed E-state index contributed by atoms with van der Waals surface area (Å²) in [5.41, 5.74) is -0.649. The normalized spacial score (nSPS) is 28.1. The topological polar surface area (TPSA) is 58.6 Å². The summed E-state index contributed by atoms with van der Waals surface area (Å²) in [6.45, 7) is 7.27. The third-order valence-corrected chi connectivity index (χ3v) is 4.39. The van der Waals surface area contributed by atoms with Crippen LogP contribution in [0, 0.1) is 5.92 Å². The first-order valence-electron chi connectivity index (χ1n) is 8.17. The quantitative estimate of drug-likeness (QED) is 0.673. The molecule has 0 aliphatic heterocycles. The largest absolute Gasteiger partial charge is 0.466 e. The van der Waals surface area contributed by atoms with Gasteiger partial charge in [0.1, 0.15) is 0 Å². The minimum atomic E-state index is -0.649. The highest BCUT2D eigenvalue weighted by Crippen LogP contribution is 2.32. The van der Waals surface area contributed by atoms with Crippen molar-refractivity contribution in [3.05, 3.63) is 0 Å². The molecule has 0 aromatic carbocycles. The van der Waals surface area contributed by atoms with Gasteiger partial charge in [-0.3, -0.25) is 4.79 Å². The van der Waals surface area contributed by atoms with Gasteiger partial charge >= 0.3 is 5.97 Å². The predicted octanol–water partition coefficient (Wildman–Crippen LogP) is 2.64. The van der Waals surface area contributed by atoms with Crippen LogP contribution in [0.2, 0.25) is 0 Å². The molecular formula is C16H31NO3. The highest BCUT2D eigenvalue weighted by Gasteiger charge is 2.36. The van der Waals surface area contributed by atoms with E-state index in [1.165, 1.54) is 0 Å². The molecule has 4 nitrogen and oxygen atoms in total. The summed E-state index contributed by atoms with van der Waals surface area (Å²) in [6, 6.07) is 0.492. The van der Waals surface area contributed by atoms with Crippen LogP contribution in [0.25, 0.3) is 0 Å². The summed E-state index contributed by atoms with van der Waals surface area (Å²) in [5.74, 6) is -0.118. The van der Waals surface area contributed by atoms with E-state index in [1.54, 1.807) is 0 Å². The average Bonchev–Trinajstić information content (AvgIpc) is 2.44. The van der Waals surface area contributed by atoms with Crippen LogP contribution in [-0.4, -0.2) is 35.9 Å². The third-order valence-electron chi connectivity index (χ3n) is 4.39. The Morgan fingerprint density at radius 1 is 1.35 bits per heavy atom. The lowest BCUT2D eigenvalue weighted by molar-refractivity contribution is -0.151. The number of hydrogen-bond acceptors (Lipinski definition) is 4. The first-order valence-corrected chi connectivity index (χ1v) is 8.17. The average molecular weight is 285 g/mol. The van der Waals surface area contributed by atoms with Crippen molar-refractivity contribution in [3.63, 3.8) is 0 Å². The third kappa shape index (κ3) is 5.41. The van der Waals surface area contributed by atoms with Crippen LogP contribution in [0.4, 0.5) is 0 Å². The molecule has 0 spiro atoms. The van der Waals surface area contributed by atoms with Gasteiger partial charge in [0.15, 0.2) is 0 Å². The van der Waals surface area contributed by atoms with Crippen molar-refractivity contribution >= 4 is 5.97 Å². The molecule has 1 aliphatic carbocycles. The zero-order valence-corrected chi connectivity index (χ0v) is 13.3. The number of ether oxygens (including phenoxy) is 1. The lowest BCUT2D eigenvalue weighted by Gasteiger charge is -2.36. The molecule has 0 bridgehead atoms. The fourth-order valence-corrected chi connectivity index (χ4v) is 2.96. The maximum atomic E-state index is 11.7. The van der Waals surface area contributed by atoms with Gasteiger partial charge in [-0.1, -0.05) is 20.3 Å². The fourth-order valence-electron chi connectivity index (χ4n) is 2.96. The van der Waals surface area contributed by atoms with E-state index < -0.39 is 5.60 Å². The Hall–Kier alpha value is -0.610. The van der Waals surface area contributed by atoms with Gasteiger partial charge in [-0.2, -0.15) is 0 Å². The Balaban J connectivity index is 2.36. The molecule has 1 atom stereocenters. The van der Waals surface area contributed by atoms with Crippen molar-refractivity contribution in [3.8, 4) is 0 Å². The molecule has 1 unspecified atom stereocenters. The van der Waals surface area contributed by atoms with Gasteiger partial charge in [0.2, 0.25) is 0 Å². The standard InChI is InChI=1S/C16H31NO3/c1-4-7-14(5-2)17-12-16(19)10-8-13(9-11-16)15(18)20-6-3/h13-14,17,19H,4-12H2,1-3H3. The van der Waals surface area contributed by atoms with E-state index in [4.69, 9.17) is 4.74 Å². The Labute approximate surface area is 123 Å². The molecule has 2 N–H and O–H groups in total. The van der Waals surface area contributed by atoms with Crippen molar-refractivity contribution in [2.24, 2.45) is 5.92 Å². The molecule has 20 heavy (non-hydrogen) atoms. The van der Waals surface area contributed by atoms with E-state index in [1.807, 2.05) is 6.92 Å². The van der Waals surface area contributed by atoms with Crippen molar-refractivity contribution in [2.75, 3.05) is 13.2 Å². The van der Waals surface area contributed by atoms with E-state index in [9.17, 15) is 9.90 Å². The Morgan fingerprint density at radius 3 is 2.50 bits per heavy atom. The minimum Gasteiger partial charge on any atom is -0.466 e. The van der Waals surface area contributed by atoms with Gasteiger partial charge in [0, 0.05) is 12.6 Å². The van der Waals surface area contributed by atoms with Gasteiger partial charge in [-0.25, -0.2) is 0 Å². The Kier molecular flexibility index (Phi) is 7.52. The summed E-state index contributed by atoms with van der Waals surface area (Å²) in [5, 5.41) is 14.1. The molecule has 0 heterocycles. The monoisotopic (exact) mass is 285 g/mol. The van der Waals surface area contributed by atoms with E-state index >= 15 is 0 Å². The lowest BCUT2D eigenvalue weighted by Crippen LogP contribution is -2.47. The van der Waals surface area contributed by atoms with Crippen LogP contribution >= 0.6 is 0 Å². The van der Waals surface area contributed by atoms with Crippen LogP contribution in [0.1, 0.15) is 65.7 Å². The number of carbonyl (C=O) groups is 1. The van der Waals surface area contributed by atoms with Crippen molar-refractivity contribution in [1.82, 2.24) is 5.32 Å². The molecule has 1 saturated carbocycles. The van der Waals surface area contributed by atoms with Gasteiger partial charge in [0.05, 0.1) is 18.1 Å². The Morgan fingerprint density at radius 2 is 2.00 bits per heavy atom. The first-order chi connectivity index (χ1) is 9.54. The van der Waals surface area contributed by atoms with Gasteiger partial charge in [0.25, 0.3) is 0 Å². The summed E-state index contributed by atoms with van der Waals surface area (Å²) in [7, 11) is 0. The molecule has 0 amide bonds. The lowest BCUT2D eigenvalue weighted by atomic mass is 9.78. The van der Waals surface area contributed by atoms with Crippen molar-refractivity contribution in [1.29, 1.82) is 0 Å². The number of esters is 1. The van der Waals surface area contributed by atoms with Crippen LogP contribution in [-0.2, 0) is 9.53 Å². The number of aliphatic hydroxyl groups is 1. The predicted molar refractivity (Wildman–Crippen MR) is 80.5 cm³/mol. The maximum absolute atomic E-state index is 11.7. The van der Waals surface area contributed by atoms with E-state index in [-0.39, 0.29) is 11.9 Å². The van der Waals surface area contributed by atoms with Gasteiger partial charge in [-0.05, 0) is 45.4 Å². The number of carbonyl (C=O) groups excluding carboxylic acids is 1. The van der Waals surface area contributed by atoms with Gasteiger partial charge in [-0.15, -0.1) is 0 Å². The summed E-state index contributed by atoms with van der Waals surface area (Å²) < 4.78 is 5.06. The molecule has 0 aromatic heterocycles. The second kappa shape index (κ2) is 8.63. The second-order valence-electron chi connectivity index (χ2n) is 6.03. The first kappa shape index (κ1) is 17.4. The van der Waals surface area contributed by atoms with E-state index in [0.29, 0.717) is 32.0 Å². The number of hydrogen-bond donors (Lipinski definition) is 2. The molecule has 4 heteroatoms. The summed E-state index contributed by atoms with van der Waals surface area (Å²) >= 11 is 0. The molecule has 1 fully saturated rings. The van der Waals surface area contributed by atoms with Crippen LogP contribution < -0.4 is 5.32 Å².